The van der Waals surface area contributed by atoms with E-state index in [0.29, 0.717) is 11.1 Å². The normalized spacial score (nSPS) is 13.3. The topological polar surface area (TPSA) is 104 Å². The van der Waals surface area contributed by atoms with Gasteiger partial charge in [0.1, 0.15) is 11.2 Å². The average molecular weight is 431 g/mol. The molecule has 10 heteroatoms. The highest BCUT2D eigenvalue weighted by Gasteiger charge is 2.30. The molecule has 1 unspecified atom stereocenters. The van der Waals surface area contributed by atoms with Gasteiger partial charge >= 0.3 is 6.18 Å². The van der Waals surface area contributed by atoms with Crippen molar-refractivity contribution in [3.8, 4) is 11.3 Å². The molecule has 3 rings (SSSR count). The van der Waals surface area contributed by atoms with E-state index >= 15 is 0 Å². The quantitative estimate of drug-likeness (QED) is 0.521. The SMILES string of the molecule is CN/C=C(\C=N)c1nc(-c2ccc(C(F)(F)F)cc2)cc2c(=O)n(CC(C)O)cnc12. The summed E-state index contributed by atoms with van der Waals surface area (Å²) in [5.41, 5.74) is 0.209. The van der Waals surface area contributed by atoms with Gasteiger partial charge in [0.25, 0.3) is 5.56 Å². The molecule has 1 aromatic carbocycles. The zero-order valence-corrected chi connectivity index (χ0v) is 16.7. The average Bonchev–Trinajstić information content (AvgIpc) is 2.72. The van der Waals surface area contributed by atoms with Gasteiger partial charge in [-0.25, -0.2) is 9.97 Å². The molecule has 0 saturated heterocycles. The van der Waals surface area contributed by atoms with Gasteiger partial charge in [0.2, 0.25) is 0 Å². The number of hydrogen-bond donors (Lipinski definition) is 3. The summed E-state index contributed by atoms with van der Waals surface area (Å²) < 4.78 is 40.0. The molecule has 2 heterocycles. The number of aliphatic hydroxyl groups is 1. The lowest BCUT2D eigenvalue weighted by Gasteiger charge is -2.13. The maximum atomic E-state index is 13.0. The van der Waals surface area contributed by atoms with Crippen LogP contribution in [0.1, 0.15) is 18.2 Å². The minimum absolute atomic E-state index is 0.0266. The van der Waals surface area contributed by atoms with Gasteiger partial charge in [0.15, 0.2) is 0 Å². The van der Waals surface area contributed by atoms with Crippen molar-refractivity contribution in [2.24, 2.45) is 0 Å². The molecule has 0 amide bonds. The molecule has 0 spiro atoms. The first-order valence-electron chi connectivity index (χ1n) is 9.30. The Kier molecular flexibility index (Phi) is 6.21. The van der Waals surface area contributed by atoms with Gasteiger partial charge in [-0.3, -0.25) is 9.36 Å². The van der Waals surface area contributed by atoms with Gasteiger partial charge in [-0.1, -0.05) is 12.1 Å². The Hall–Kier alpha value is -3.53. The third kappa shape index (κ3) is 4.64. The Balaban J connectivity index is 2.29. The maximum Gasteiger partial charge on any atom is 0.416 e. The first-order valence-corrected chi connectivity index (χ1v) is 9.30. The van der Waals surface area contributed by atoms with Gasteiger partial charge in [-0.15, -0.1) is 0 Å². The van der Waals surface area contributed by atoms with Crippen molar-refractivity contribution in [1.82, 2.24) is 19.9 Å². The minimum atomic E-state index is -4.47. The fraction of sp³-hybridized carbons (Fsp3) is 0.238. The van der Waals surface area contributed by atoms with E-state index in [2.05, 4.69) is 15.3 Å². The molecule has 0 saturated carbocycles. The van der Waals surface area contributed by atoms with Crippen LogP contribution >= 0.6 is 0 Å². The number of fused-ring (bicyclic) bond motifs is 1. The molecule has 3 N–H and O–H groups in total. The molecular formula is C21H20F3N5O2. The number of benzene rings is 1. The molecular weight excluding hydrogens is 411 g/mol. The molecule has 2 aromatic heterocycles. The smallest absolute Gasteiger partial charge is 0.393 e. The predicted molar refractivity (Wildman–Crippen MR) is 112 cm³/mol. The second kappa shape index (κ2) is 8.68. The van der Waals surface area contributed by atoms with Crippen LogP contribution < -0.4 is 10.9 Å². The van der Waals surface area contributed by atoms with Crippen LogP contribution in [0.25, 0.3) is 27.7 Å². The fourth-order valence-electron chi connectivity index (χ4n) is 3.09. The number of pyridine rings is 1. The van der Waals surface area contributed by atoms with Crippen LogP contribution in [0.3, 0.4) is 0 Å². The Bertz CT molecular complexity index is 1200. The minimum Gasteiger partial charge on any atom is -0.393 e. The van der Waals surface area contributed by atoms with Gasteiger partial charge in [0, 0.05) is 30.6 Å². The van der Waals surface area contributed by atoms with Crippen molar-refractivity contribution in [2.75, 3.05) is 7.05 Å². The van der Waals surface area contributed by atoms with Gasteiger partial charge < -0.3 is 15.8 Å². The molecule has 0 aliphatic heterocycles. The Morgan fingerprint density at radius 2 is 2.00 bits per heavy atom. The number of aliphatic hydroxyl groups excluding tert-OH is 1. The van der Waals surface area contributed by atoms with Crippen molar-refractivity contribution in [3.05, 3.63) is 64.5 Å². The van der Waals surface area contributed by atoms with Gasteiger partial charge in [-0.05, 0) is 25.1 Å². The van der Waals surface area contributed by atoms with E-state index < -0.39 is 23.4 Å². The van der Waals surface area contributed by atoms with E-state index in [1.165, 1.54) is 42.2 Å². The summed E-state index contributed by atoms with van der Waals surface area (Å²) in [5, 5.41) is 20.3. The number of rotatable bonds is 6. The summed E-state index contributed by atoms with van der Waals surface area (Å²) in [6.45, 7) is 1.56. The number of aromatic nitrogens is 3. The van der Waals surface area contributed by atoms with E-state index in [1.54, 1.807) is 7.05 Å². The molecule has 0 radical (unpaired) electrons. The Morgan fingerprint density at radius 1 is 1.32 bits per heavy atom. The van der Waals surface area contributed by atoms with Crippen LogP contribution in [0.15, 0.2) is 47.7 Å². The molecule has 162 valence electrons. The highest BCUT2D eigenvalue weighted by Crippen LogP contribution is 2.31. The van der Waals surface area contributed by atoms with Gasteiger partial charge in [0.05, 0.1) is 35.6 Å². The van der Waals surface area contributed by atoms with E-state index in [9.17, 15) is 23.1 Å². The summed E-state index contributed by atoms with van der Waals surface area (Å²) in [7, 11) is 1.63. The number of hydrogen-bond acceptors (Lipinski definition) is 6. The summed E-state index contributed by atoms with van der Waals surface area (Å²) in [6.07, 6.45) is -1.41. The molecule has 31 heavy (non-hydrogen) atoms. The van der Waals surface area contributed by atoms with Crippen LogP contribution in [-0.2, 0) is 12.7 Å². The number of allylic oxidation sites excluding steroid dienone is 1. The number of nitrogens with one attached hydrogen (secondary N) is 2. The molecule has 0 fully saturated rings. The largest absolute Gasteiger partial charge is 0.416 e. The summed E-state index contributed by atoms with van der Waals surface area (Å²) >= 11 is 0. The lowest BCUT2D eigenvalue weighted by atomic mass is 10.0. The Morgan fingerprint density at radius 3 is 2.55 bits per heavy atom. The zero-order chi connectivity index (χ0) is 22.8. The molecule has 3 aromatic rings. The van der Waals surface area contributed by atoms with E-state index in [1.807, 2.05) is 0 Å². The van der Waals surface area contributed by atoms with Crippen LogP contribution in [0.2, 0.25) is 0 Å². The Labute approximate surface area is 175 Å². The van der Waals surface area contributed by atoms with Crippen molar-refractivity contribution in [2.45, 2.75) is 25.7 Å². The highest BCUT2D eigenvalue weighted by molar-refractivity contribution is 6.12. The van der Waals surface area contributed by atoms with Crippen molar-refractivity contribution < 1.29 is 18.3 Å². The standard InChI is InChI=1S/C21H20F3N5O2/c1-12(30)10-29-11-27-19-16(20(29)31)7-17(28-18(19)14(8-25)9-26-2)13-3-5-15(6-4-13)21(22,23)24/h3-9,11-12,25-26,30H,10H2,1-2H3/b14-9+,25-8?. The zero-order valence-electron chi connectivity index (χ0n) is 16.7. The lowest BCUT2D eigenvalue weighted by Crippen LogP contribution is -2.26. The molecule has 0 bridgehead atoms. The summed E-state index contributed by atoms with van der Waals surface area (Å²) in [4.78, 5) is 21.8. The number of nitrogens with zero attached hydrogens (tertiary/aromatic N) is 3. The predicted octanol–water partition coefficient (Wildman–Crippen LogP) is 3.07. The molecule has 0 aliphatic carbocycles. The summed E-state index contributed by atoms with van der Waals surface area (Å²) in [6, 6.07) is 5.89. The molecule has 0 aliphatic rings. The van der Waals surface area contributed by atoms with Crippen LogP contribution in [0.5, 0.6) is 0 Å². The van der Waals surface area contributed by atoms with Crippen LogP contribution in [0, 0.1) is 5.41 Å². The molecule has 1 atom stereocenters. The number of alkyl halides is 3. The van der Waals surface area contributed by atoms with Crippen molar-refractivity contribution in [3.63, 3.8) is 0 Å². The first kappa shape index (κ1) is 22.2. The van der Waals surface area contributed by atoms with Crippen molar-refractivity contribution >= 4 is 22.7 Å². The van der Waals surface area contributed by atoms with Crippen LogP contribution in [-0.4, -0.2) is 39.0 Å². The molecule has 7 nitrogen and oxygen atoms in total. The summed E-state index contributed by atoms with van der Waals surface area (Å²) in [5.74, 6) is 0. The van der Waals surface area contributed by atoms with Crippen LogP contribution in [0.4, 0.5) is 13.2 Å². The third-order valence-electron chi connectivity index (χ3n) is 4.51. The second-order valence-electron chi connectivity index (χ2n) is 6.91. The highest BCUT2D eigenvalue weighted by atomic mass is 19.4. The van der Waals surface area contributed by atoms with Crippen molar-refractivity contribution in [1.29, 1.82) is 5.41 Å². The fourth-order valence-corrected chi connectivity index (χ4v) is 3.09. The second-order valence-corrected chi connectivity index (χ2v) is 6.91. The first-order chi connectivity index (χ1) is 14.7. The third-order valence-corrected chi connectivity index (χ3v) is 4.51. The monoisotopic (exact) mass is 431 g/mol. The maximum absolute atomic E-state index is 13.0. The van der Waals surface area contributed by atoms with E-state index in [-0.39, 0.29) is 28.8 Å². The number of halogens is 3. The van der Waals surface area contributed by atoms with E-state index in [4.69, 9.17) is 5.41 Å². The van der Waals surface area contributed by atoms with E-state index in [0.717, 1.165) is 18.3 Å². The lowest BCUT2D eigenvalue weighted by molar-refractivity contribution is -0.137. The van der Waals surface area contributed by atoms with Gasteiger partial charge in [-0.2, -0.15) is 13.2 Å².